The monoisotopic (exact) mass is 633 g/mol. The Balaban J connectivity index is 1.23. The Labute approximate surface area is 266 Å². The molecule has 3 N–H and O–H groups in total. The molecule has 6 heterocycles. The van der Waals surface area contributed by atoms with Crippen LogP contribution in [0.5, 0.6) is 5.75 Å². The van der Waals surface area contributed by atoms with Crippen LogP contribution in [-0.4, -0.2) is 79.4 Å². The molecule has 232 valence electrons. The van der Waals surface area contributed by atoms with Crippen LogP contribution < -0.4 is 25.6 Å². The van der Waals surface area contributed by atoms with Crippen molar-refractivity contribution in [2.24, 2.45) is 7.05 Å². The zero-order chi connectivity index (χ0) is 31.2. The molecule has 0 amide bonds. The molecule has 2 aliphatic heterocycles. The number of rotatable bonds is 7. The van der Waals surface area contributed by atoms with E-state index in [0.29, 0.717) is 46.0 Å². The first-order valence-electron chi connectivity index (χ1n) is 15.3. The smallest absolute Gasteiger partial charge is 0.231 e. The van der Waals surface area contributed by atoms with Gasteiger partial charge in [0.05, 0.1) is 46.1 Å². The van der Waals surface area contributed by atoms with Gasteiger partial charge >= 0.3 is 0 Å². The van der Waals surface area contributed by atoms with Crippen LogP contribution in [0.3, 0.4) is 0 Å². The Hall–Kier alpha value is -5.13. The summed E-state index contributed by atoms with van der Waals surface area (Å²) in [6.45, 7) is 4.52. The van der Waals surface area contributed by atoms with Gasteiger partial charge in [0.1, 0.15) is 22.7 Å². The van der Waals surface area contributed by atoms with Gasteiger partial charge in [0.25, 0.3) is 0 Å². The van der Waals surface area contributed by atoms with Gasteiger partial charge in [-0.15, -0.1) is 0 Å². The summed E-state index contributed by atoms with van der Waals surface area (Å²) in [4.78, 5) is 26.6. The molecule has 14 heteroatoms. The molecular formula is C32H32N11O2P. The molecule has 0 aliphatic carbocycles. The third-order valence-corrected chi connectivity index (χ3v) is 9.26. The lowest BCUT2D eigenvalue weighted by atomic mass is 9.94. The molecule has 0 spiro atoms. The van der Waals surface area contributed by atoms with Gasteiger partial charge in [0.2, 0.25) is 5.95 Å². The Morgan fingerprint density at radius 1 is 1.00 bits per heavy atom. The number of hydrogen-bond acceptors (Lipinski definition) is 11. The molecule has 2 aliphatic rings. The average molecular weight is 634 g/mol. The Morgan fingerprint density at radius 3 is 2.70 bits per heavy atom. The summed E-state index contributed by atoms with van der Waals surface area (Å²) in [6, 6.07) is 7.74. The molecule has 8 rings (SSSR count). The predicted octanol–water partition coefficient (Wildman–Crippen LogP) is 4.78. The van der Waals surface area contributed by atoms with E-state index in [-0.39, 0.29) is 8.46 Å². The summed E-state index contributed by atoms with van der Waals surface area (Å²) < 4.78 is 20.5. The molecule has 0 radical (unpaired) electrons. The largest absolute Gasteiger partial charge is 0.491 e. The fourth-order valence-electron chi connectivity index (χ4n) is 6.35. The van der Waals surface area contributed by atoms with E-state index in [2.05, 4.69) is 59.8 Å². The number of aromatic nitrogens is 7. The summed E-state index contributed by atoms with van der Waals surface area (Å²) >= 11 is 0. The van der Waals surface area contributed by atoms with Gasteiger partial charge in [-0.1, -0.05) is 0 Å². The molecule has 0 unspecified atom stereocenters. The molecule has 2 aromatic carbocycles. The molecule has 4 aromatic heterocycles. The lowest BCUT2D eigenvalue weighted by Crippen LogP contribution is -2.45. The van der Waals surface area contributed by atoms with Gasteiger partial charge in [-0.3, -0.25) is 19.2 Å². The van der Waals surface area contributed by atoms with E-state index in [0.717, 1.165) is 67.0 Å². The van der Waals surface area contributed by atoms with E-state index in [1.54, 1.807) is 12.4 Å². The summed E-state index contributed by atoms with van der Waals surface area (Å²) in [5.41, 5.74) is 7.84. The van der Waals surface area contributed by atoms with E-state index >= 15 is 0 Å². The van der Waals surface area contributed by atoms with E-state index in [4.69, 9.17) is 14.7 Å². The molecule has 0 bridgehead atoms. The highest BCUT2D eigenvalue weighted by atomic mass is 31.1. The summed E-state index contributed by atoms with van der Waals surface area (Å²) in [5.74, 6) is 1.77. The number of ether oxygens (including phenoxy) is 1. The Kier molecular flexibility index (Phi) is 7.19. The maximum Gasteiger partial charge on any atom is 0.231 e. The van der Waals surface area contributed by atoms with Crippen LogP contribution >= 0.6 is 8.46 Å². The second kappa shape index (κ2) is 11.7. The fraction of sp³-hybridized carbons (Fsp3) is 0.281. The van der Waals surface area contributed by atoms with Gasteiger partial charge in [-0.2, -0.15) is 15.1 Å². The minimum atomic E-state index is -0.177. The normalized spacial score (nSPS) is 15.3. The summed E-state index contributed by atoms with van der Waals surface area (Å²) in [6.07, 6.45) is 10.9. The fourth-order valence-corrected chi connectivity index (χ4v) is 6.84. The number of benzene rings is 2. The van der Waals surface area contributed by atoms with Crippen molar-refractivity contribution in [3.05, 3.63) is 60.8 Å². The first-order valence-corrected chi connectivity index (χ1v) is 16.1. The molecule has 0 atom stereocenters. The molecule has 46 heavy (non-hydrogen) atoms. The van der Waals surface area contributed by atoms with Crippen molar-refractivity contribution in [1.82, 2.24) is 39.6 Å². The SMILES string of the molecule is CN1CCN(c2c(-c3cnn(C)c3)cc(Nc3nc(Nc4ccc5nccnc5c4P=O)c4cc[nH]c4n3)c3c2CCCO3)CC1. The molecule has 13 nitrogen and oxygen atoms in total. The van der Waals surface area contributed by atoms with Crippen LogP contribution in [0.15, 0.2) is 55.2 Å². The first kappa shape index (κ1) is 28.4. The second-order valence-electron chi connectivity index (χ2n) is 11.6. The maximum atomic E-state index is 12.3. The molecule has 0 saturated carbocycles. The van der Waals surface area contributed by atoms with Gasteiger partial charge in [0.15, 0.2) is 8.46 Å². The van der Waals surface area contributed by atoms with Crippen LogP contribution in [-0.2, 0) is 18.0 Å². The zero-order valence-corrected chi connectivity index (χ0v) is 26.4. The lowest BCUT2D eigenvalue weighted by Gasteiger charge is -2.38. The van der Waals surface area contributed by atoms with E-state index < -0.39 is 0 Å². The quantitative estimate of drug-likeness (QED) is 0.209. The molecule has 1 fully saturated rings. The van der Waals surface area contributed by atoms with Crippen LogP contribution in [0.2, 0.25) is 0 Å². The number of likely N-dealkylation sites (N-methyl/N-ethyl adjacent to an activating group) is 1. The van der Waals surface area contributed by atoms with Crippen molar-refractivity contribution in [2.45, 2.75) is 12.8 Å². The number of anilines is 5. The highest BCUT2D eigenvalue weighted by Crippen LogP contribution is 2.47. The van der Waals surface area contributed by atoms with Gasteiger partial charge in [0, 0.05) is 74.7 Å². The van der Waals surface area contributed by atoms with Gasteiger partial charge in [-0.05, 0) is 44.2 Å². The first-order chi connectivity index (χ1) is 22.6. The Bertz CT molecular complexity index is 2100. The number of nitrogens with zero attached hydrogens (tertiary/aromatic N) is 8. The number of H-pyrrole nitrogens is 1. The van der Waals surface area contributed by atoms with E-state index in [9.17, 15) is 4.57 Å². The number of fused-ring (bicyclic) bond motifs is 3. The number of nitrogens with one attached hydrogen (secondary N) is 3. The number of hydrogen-bond donors (Lipinski definition) is 3. The van der Waals surface area contributed by atoms with Crippen LogP contribution in [0.4, 0.5) is 28.8 Å². The van der Waals surface area contributed by atoms with Gasteiger partial charge < -0.3 is 30.2 Å². The summed E-state index contributed by atoms with van der Waals surface area (Å²) in [5, 5.41) is 12.7. The average Bonchev–Trinajstić information content (AvgIpc) is 3.74. The minimum absolute atomic E-state index is 0.177. The highest BCUT2D eigenvalue weighted by Gasteiger charge is 2.29. The number of aromatic amines is 1. The third kappa shape index (κ3) is 5.07. The van der Waals surface area contributed by atoms with E-state index in [1.807, 2.05) is 42.3 Å². The number of aryl methyl sites for hydroxylation is 1. The van der Waals surface area contributed by atoms with Crippen LogP contribution in [0.1, 0.15) is 12.0 Å². The van der Waals surface area contributed by atoms with Crippen molar-refractivity contribution in [2.75, 3.05) is 55.4 Å². The van der Waals surface area contributed by atoms with Crippen molar-refractivity contribution in [1.29, 1.82) is 0 Å². The van der Waals surface area contributed by atoms with Crippen LogP contribution in [0, 0.1) is 0 Å². The minimum Gasteiger partial charge on any atom is -0.491 e. The van der Waals surface area contributed by atoms with Crippen molar-refractivity contribution in [3.63, 3.8) is 0 Å². The lowest BCUT2D eigenvalue weighted by molar-refractivity contribution is 0.288. The van der Waals surface area contributed by atoms with Crippen molar-refractivity contribution in [3.8, 4) is 16.9 Å². The maximum absolute atomic E-state index is 12.3. The zero-order valence-electron chi connectivity index (χ0n) is 25.5. The summed E-state index contributed by atoms with van der Waals surface area (Å²) in [7, 11) is 3.93. The van der Waals surface area contributed by atoms with Gasteiger partial charge in [-0.25, -0.2) is 0 Å². The predicted molar refractivity (Wildman–Crippen MR) is 179 cm³/mol. The van der Waals surface area contributed by atoms with Crippen LogP contribution in [0.25, 0.3) is 33.2 Å². The Morgan fingerprint density at radius 2 is 1.87 bits per heavy atom. The van der Waals surface area contributed by atoms with Crippen molar-refractivity contribution >= 4 is 64.7 Å². The standard InChI is InChI=1S/C32H32N11O2P/c1-41-11-13-43(14-12-41)27-20-4-3-15-45-28(20)25(16-22(27)19-17-36-42(2)18-19)38-32-39-30-21(7-8-35-30)31(40-32)37-24-6-5-23-26(29(24)46-44)34-10-9-33-23/h5-10,16-18H,3-4,11-15H2,1-2H3,(H3,35,37,38,39,40). The topological polar surface area (TPSA) is 142 Å². The highest BCUT2D eigenvalue weighted by molar-refractivity contribution is 7.35. The number of piperazine rings is 1. The molecule has 6 aromatic rings. The third-order valence-electron chi connectivity index (χ3n) is 8.62. The second-order valence-corrected chi connectivity index (χ2v) is 12.3. The molecular weight excluding hydrogens is 601 g/mol. The molecule has 1 saturated heterocycles. The van der Waals surface area contributed by atoms with E-state index in [1.165, 1.54) is 11.3 Å². The van der Waals surface area contributed by atoms with Crippen molar-refractivity contribution < 1.29 is 9.30 Å².